The maximum Gasteiger partial charge on any atom is 0.254 e. The summed E-state index contributed by atoms with van der Waals surface area (Å²) in [5, 5.41) is 3.00. The van der Waals surface area contributed by atoms with E-state index in [2.05, 4.69) is 15.3 Å². The van der Waals surface area contributed by atoms with Crippen molar-refractivity contribution in [3.8, 4) is 11.5 Å². The second-order valence-electron chi connectivity index (χ2n) is 6.57. The molecule has 1 aliphatic rings. The summed E-state index contributed by atoms with van der Waals surface area (Å²) in [7, 11) is 3.11. The minimum absolute atomic E-state index is 0.0840. The number of nitrogens with zero attached hydrogens (tertiary/aromatic N) is 1. The van der Waals surface area contributed by atoms with E-state index in [1.165, 1.54) is 18.9 Å². The van der Waals surface area contributed by atoms with E-state index in [0.29, 0.717) is 28.8 Å². The van der Waals surface area contributed by atoms with Gasteiger partial charge in [0.25, 0.3) is 5.56 Å². The number of fused-ring (bicyclic) bond motifs is 1. The van der Waals surface area contributed by atoms with Crippen LogP contribution in [0.1, 0.15) is 37.4 Å². The molecular weight excluding hydrogens is 378 g/mol. The Hall–Kier alpha value is -2.48. The van der Waals surface area contributed by atoms with Crippen LogP contribution in [0, 0.1) is 0 Å². The highest BCUT2D eigenvalue weighted by atomic mass is 32.2. The van der Waals surface area contributed by atoms with E-state index in [1.807, 2.05) is 6.92 Å². The minimum atomic E-state index is -0.392. The number of benzene rings is 1. The lowest BCUT2D eigenvalue weighted by molar-refractivity contribution is -0.115. The Morgan fingerprint density at radius 1 is 1.29 bits per heavy atom. The zero-order chi connectivity index (χ0) is 20.1. The molecular formula is C20H25N3O4S. The van der Waals surface area contributed by atoms with Gasteiger partial charge in [0, 0.05) is 11.6 Å². The largest absolute Gasteiger partial charge is 0.497 e. The van der Waals surface area contributed by atoms with Crippen LogP contribution in [-0.2, 0) is 17.6 Å². The van der Waals surface area contributed by atoms with Gasteiger partial charge in [-0.05, 0) is 44.2 Å². The first-order chi connectivity index (χ1) is 13.5. The summed E-state index contributed by atoms with van der Waals surface area (Å²) in [5.41, 5.74) is 2.14. The van der Waals surface area contributed by atoms with Crippen LogP contribution in [0.4, 0.5) is 5.69 Å². The van der Waals surface area contributed by atoms with E-state index in [9.17, 15) is 9.59 Å². The third-order valence-corrected chi connectivity index (χ3v) is 6.00. The summed E-state index contributed by atoms with van der Waals surface area (Å²) in [6, 6.07) is 5.22. The minimum Gasteiger partial charge on any atom is -0.497 e. The Kier molecular flexibility index (Phi) is 6.61. The summed E-state index contributed by atoms with van der Waals surface area (Å²) in [4.78, 5) is 32.6. The molecule has 8 heteroatoms. The standard InChI is InChI=1S/C20H25N3O4S/c1-4-17(19(25)21-15-10-9-12(26-2)11-16(15)27-3)28-20-22-14-8-6-5-7-13(14)18(24)23-20/h9-11,17H,4-8H2,1-3H3,(H,21,25)(H,22,23,24). The van der Waals surface area contributed by atoms with Crippen molar-refractivity contribution in [2.24, 2.45) is 0 Å². The fraction of sp³-hybridized carbons (Fsp3) is 0.450. The average Bonchev–Trinajstić information content (AvgIpc) is 2.72. The molecule has 28 heavy (non-hydrogen) atoms. The molecule has 0 spiro atoms. The van der Waals surface area contributed by atoms with E-state index in [4.69, 9.17) is 9.47 Å². The molecule has 2 N–H and O–H groups in total. The zero-order valence-corrected chi connectivity index (χ0v) is 17.1. The summed E-state index contributed by atoms with van der Waals surface area (Å²) in [6.07, 6.45) is 4.25. The topological polar surface area (TPSA) is 93.3 Å². The maximum atomic E-state index is 12.8. The number of rotatable bonds is 7. The van der Waals surface area contributed by atoms with Gasteiger partial charge in [0.15, 0.2) is 5.16 Å². The van der Waals surface area contributed by atoms with Crippen LogP contribution in [0.5, 0.6) is 11.5 Å². The number of carbonyl (C=O) groups is 1. The first-order valence-electron chi connectivity index (χ1n) is 9.37. The predicted molar refractivity (Wildman–Crippen MR) is 110 cm³/mol. The van der Waals surface area contributed by atoms with Gasteiger partial charge < -0.3 is 19.8 Å². The van der Waals surface area contributed by atoms with Crippen LogP contribution in [0.25, 0.3) is 0 Å². The number of ether oxygens (including phenoxy) is 2. The molecule has 0 bridgehead atoms. The lowest BCUT2D eigenvalue weighted by Gasteiger charge is -2.18. The predicted octanol–water partition coefficient (Wildman–Crippen LogP) is 3.18. The van der Waals surface area contributed by atoms with Gasteiger partial charge in [-0.2, -0.15) is 0 Å². The summed E-state index contributed by atoms with van der Waals surface area (Å²) < 4.78 is 10.5. The van der Waals surface area contributed by atoms with E-state index >= 15 is 0 Å². The molecule has 0 aliphatic heterocycles. The van der Waals surface area contributed by atoms with Gasteiger partial charge in [0.05, 0.1) is 30.9 Å². The number of carbonyl (C=O) groups excluding carboxylic acids is 1. The molecule has 0 fully saturated rings. The molecule has 2 aromatic rings. The van der Waals surface area contributed by atoms with Gasteiger partial charge in [-0.25, -0.2) is 4.98 Å². The third kappa shape index (κ3) is 4.49. The summed E-state index contributed by atoms with van der Waals surface area (Å²) >= 11 is 1.28. The van der Waals surface area contributed by atoms with E-state index in [1.54, 1.807) is 25.3 Å². The van der Waals surface area contributed by atoms with Crippen LogP contribution in [0.3, 0.4) is 0 Å². The number of H-pyrrole nitrogens is 1. The van der Waals surface area contributed by atoms with Crippen molar-refractivity contribution >= 4 is 23.4 Å². The van der Waals surface area contributed by atoms with Crippen LogP contribution in [0.2, 0.25) is 0 Å². The number of thioether (sulfide) groups is 1. The van der Waals surface area contributed by atoms with Gasteiger partial charge in [0.1, 0.15) is 11.5 Å². The third-order valence-electron chi connectivity index (χ3n) is 4.75. The molecule has 1 aromatic heterocycles. The Labute approximate surface area is 168 Å². The highest BCUT2D eigenvalue weighted by molar-refractivity contribution is 8.00. The van der Waals surface area contributed by atoms with Crippen molar-refractivity contribution in [2.75, 3.05) is 19.5 Å². The highest BCUT2D eigenvalue weighted by Crippen LogP contribution is 2.31. The molecule has 1 atom stereocenters. The molecule has 1 heterocycles. The lowest BCUT2D eigenvalue weighted by Crippen LogP contribution is -2.27. The van der Waals surface area contributed by atoms with Gasteiger partial charge in [-0.1, -0.05) is 18.7 Å². The molecule has 3 rings (SSSR count). The molecule has 0 radical (unpaired) electrons. The Morgan fingerprint density at radius 3 is 2.79 bits per heavy atom. The number of anilines is 1. The van der Waals surface area contributed by atoms with Crippen LogP contribution >= 0.6 is 11.8 Å². The molecule has 1 aromatic carbocycles. The monoisotopic (exact) mass is 403 g/mol. The molecule has 1 amide bonds. The lowest BCUT2D eigenvalue weighted by atomic mass is 9.97. The van der Waals surface area contributed by atoms with Gasteiger partial charge in [-0.3, -0.25) is 9.59 Å². The quantitative estimate of drug-likeness (QED) is 0.545. The zero-order valence-electron chi connectivity index (χ0n) is 16.3. The van der Waals surface area contributed by atoms with Crippen molar-refractivity contribution in [3.63, 3.8) is 0 Å². The van der Waals surface area contributed by atoms with E-state index in [-0.39, 0.29) is 11.5 Å². The first-order valence-corrected chi connectivity index (χ1v) is 10.2. The van der Waals surface area contributed by atoms with E-state index in [0.717, 1.165) is 36.9 Å². The second-order valence-corrected chi connectivity index (χ2v) is 7.77. The average molecular weight is 404 g/mol. The van der Waals surface area contributed by atoms with Gasteiger partial charge in [0.2, 0.25) is 5.91 Å². The van der Waals surface area contributed by atoms with Crippen LogP contribution in [0.15, 0.2) is 28.2 Å². The van der Waals surface area contributed by atoms with E-state index < -0.39 is 5.25 Å². The van der Waals surface area contributed by atoms with Crippen molar-refractivity contribution in [1.29, 1.82) is 0 Å². The van der Waals surface area contributed by atoms with Crippen molar-refractivity contribution < 1.29 is 14.3 Å². The van der Waals surface area contributed by atoms with Crippen LogP contribution in [-0.4, -0.2) is 35.3 Å². The number of methoxy groups -OCH3 is 2. The summed E-state index contributed by atoms with van der Waals surface area (Å²) in [5.74, 6) is 0.997. The number of hydrogen-bond acceptors (Lipinski definition) is 6. The Balaban J connectivity index is 1.76. The second kappa shape index (κ2) is 9.14. The SMILES string of the molecule is CCC(Sc1nc2c(c(=O)[nH]1)CCCC2)C(=O)Nc1ccc(OC)cc1OC. The number of aromatic nitrogens is 2. The number of hydrogen-bond donors (Lipinski definition) is 2. The van der Waals surface area contributed by atoms with Crippen molar-refractivity contribution in [2.45, 2.75) is 49.4 Å². The van der Waals surface area contributed by atoms with Crippen molar-refractivity contribution in [1.82, 2.24) is 9.97 Å². The smallest absolute Gasteiger partial charge is 0.254 e. The molecule has 0 saturated heterocycles. The van der Waals surface area contributed by atoms with Gasteiger partial charge in [-0.15, -0.1) is 0 Å². The Bertz CT molecular complexity index is 913. The number of aromatic amines is 1. The van der Waals surface area contributed by atoms with Crippen LogP contribution < -0.4 is 20.3 Å². The first kappa shape index (κ1) is 20.3. The van der Waals surface area contributed by atoms with Crippen molar-refractivity contribution in [3.05, 3.63) is 39.8 Å². The normalized spacial score (nSPS) is 14.1. The molecule has 1 unspecified atom stereocenters. The highest BCUT2D eigenvalue weighted by Gasteiger charge is 2.22. The fourth-order valence-corrected chi connectivity index (χ4v) is 4.12. The number of aryl methyl sites for hydroxylation is 1. The summed E-state index contributed by atoms with van der Waals surface area (Å²) in [6.45, 7) is 1.93. The fourth-order valence-electron chi connectivity index (χ4n) is 3.21. The molecule has 1 aliphatic carbocycles. The molecule has 7 nitrogen and oxygen atoms in total. The molecule has 0 saturated carbocycles. The Morgan fingerprint density at radius 2 is 2.07 bits per heavy atom. The number of amides is 1. The molecule has 150 valence electrons. The maximum absolute atomic E-state index is 12.8. The van der Waals surface area contributed by atoms with Gasteiger partial charge >= 0.3 is 0 Å². The number of nitrogens with one attached hydrogen (secondary N) is 2.